The lowest BCUT2D eigenvalue weighted by atomic mass is 10.1. The molecule has 0 aliphatic rings. The van der Waals surface area contributed by atoms with Crippen LogP contribution >= 0.6 is 0 Å². The van der Waals surface area contributed by atoms with Gasteiger partial charge in [0.25, 0.3) is 0 Å². The van der Waals surface area contributed by atoms with Crippen molar-refractivity contribution in [2.24, 2.45) is 5.92 Å². The summed E-state index contributed by atoms with van der Waals surface area (Å²) in [5.74, 6) is 0.661. The van der Waals surface area contributed by atoms with Crippen molar-refractivity contribution in [2.75, 3.05) is 32.1 Å². The zero-order valence-corrected chi connectivity index (χ0v) is 11.4. The average Bonchev–Trinajstić information content (AvgIpc) is 2.82. The molecule has 1 N–H and O–H groups in total. The van der Waals surface area contributed by atoms with Gasteiger partial charge >= 0.3 is 0 Å². The van der Waals surface area contributed by atoms with Gasteiger partial charge in [-0.15, -0.1) is 0 Å². The number of para-hydroxylation sites is 1. The van der Waals surface area contributed by atoms with Gasteiger partial charge < -0.3 is 14.6 Å². The molecule has 0 aliphatic heterocycles. The summed E-state index contributed by atoms with van der Waals surface area (Å²) < 4.78 is 5.59. The molecular weight excluding hydrogens is 224 g/mol. The molecule has 0 bridgehead atoms. The molecule has 1 aromatic heterocycles. The summed E-state index contributed by atoms with van der Waals surface area (Å²) in [5, 5.41) is 4.45. The fraction of sp³-hybridized carbons (Fsp3) is 0.467. The molecule has 0 saturated heterocycles. The normalized spacial score (nSPS) is 12.8. The molecule has 3 nitrogen and oxygen atoms in total. The first-order valence-corrected chi connectivity index (χ1v) is 6.58. The number of anilines is 1. The molecule has 0 amide bonds. The topological polar surface area (TPSA) is 28.4 Å². The highest BCUT2D eigenvalue weighted by molar-refractivity contribution is 5.90. The minimum atomic E-state index is 0.661. The van der Waals surface area contributed by atoms with E-state index in [4.69, 9.17) is 4.42 Å². The second-order valence-electron chi connectivity index (χ2n) is 4.83. The van der Waals surface area contributed by atoms with Crippen LogP contribution in [-0.2, 0) is 0 Å². The number of rotatable bonds is 6. The highest BCUT2D eigenvalue weighted by Crippen LogP contribution is 2.28. The zero-order valence-electron chi connectivity index (χ0n) is 11.4. The van der Waals surface area contributed by atoms with Gasteiger partial charge in [-0.1, -0.05) is 25.5 Å². The third kappa shape index (κ3) is 2.67. The Kier molecular flexibility index (Phi) is 4.26. The third-order valence-corrected chi connectivity index (χ3v) is 3.47. The molecule has 18 heavy (non-hydrogen) atoms. The summed E-state index contributed by atoms with van der Waals surface area (Å²) in [5.41, 5.74) is 2.14. The van der Waals surface area contributed by atoms with Crippen LogP contribution in [0, 0.1) is 5.92 Å². The second-order valence-corrected chi connectivity index (χ2v) is 4.83. The number of hydrogen-bond donors (Lipinski definition) is 1. The van der Waals surface area contributed by atoms with Crippen LogP contribution in [-0.4, -0.2) is 27.2 Å². The molecule has 1 unspecified atom stereocenters. The summed E-state index contributed by atoms with van der Waals surface area (Å²) in [7, 11) is 4.14. The zero-order chi connectivity index (χ0) is 13.0. The van der Waals surface area contributed by atoms with Crippen LogP contribution in [0.3, 0.4) is 0 Å². The van der Waals surface area contributed by atoms with Crippen molar-refractivity contribution < 1.29 is 4.42 Å². The van der Waals surface area contributed by atoms with Crippen LogP contribution in [0.25, 0.3) is 11.0 Å². The van der Waals surface area contributed by atoms with E-state index in [2.05, 4.69) is 36.3 Å². The first-order valence-electron chi connectivity index (χ1n) is 6.58. The van der Waals surface area contributed by atoms with Gasteiger partial charge in [0, 0.05) is 19.0 Å². The van der Waals surface area contributed by atoms with E-state index in [1.807, 2.05) is 25.4 Å². The lowest BCUT2D eigenvalue weighted by molar-refractivity contribution is 0.484. The van der Waals surface area contributed by atoms with Crippen molar-refractivity contribution in [1.82, 2.24) is 5.32 Å². The molecular formula is C15H22N2O. The molecule has 1 aromatic carbocycles. The summed E-state index contributed by atoms with van der Waals surface area (Å²) in [6.07, 6.45) is 3.04. The number of nitrogens with zero attached hydrogens (tertiary/aromatic N) is 1. The minimum Gasteiger partial charge on any atom is -0.462 e. The summed E-state index contributed by atoms with van der Waals surface area (Å²) in [6.45, 7) is 4.33. The van der Waals surface area contributed by atoms with Crippen molar-refractivity contribution in [3.63, 3.8) is 0 Å². The Balaban J connectivity index is 2.15. The van der Waals surface area contributed by atoms with E-state index in [9.17, 15) is 0 Å². The molecule has 0 saturated carbocycles. The van der Waals surface area contributed by atoms with Crippen molar-refractivity contribution in [1.29, 1.82) is 0 Å². The fourth-order valence-corrected chi connectivity index (χ4v) is 2.37. The van der Waals surface area contributed by atoms with E-state index in [1.54, 1.807) is 0 Å². The van der Waals surface area contributed by atoms with E-state index in [-0.39, 0.29) is 0 Å². The van der Waals surface area contributed by atoms with Crippen LogP contribution in [0.2, 0.25) is 0 Å². The average molecular weight is 246 g/mol. The maximum atomic E-state index is 5.59. The van der Waals surface area contributed by atoms with Gasteiger partial charge in [0.2, 0.25) is 0 Å². The van der Waals surface area contributed by atoms with Crippen molar-refractivity contribution in [3.05, 3.63) is 30.5 Å². The van der Waals surface area contributed by atoms with Crippen LogP contribution < -0.4 is 10.2 Å². The molecule has 3 heteroatoms. The Morgan fingerprint density at radius 2 is 2.11 bits per heavy atom. The SMILES string of the molecule is CCC(CNC)CN(C)c1coc2ccccc12. The Labute approximate surface area is 109 Å². The van der Waals surface area contributed by atoms with Crippen LogP contribution in [0.15, 0.2) is 34.9 Å². The van der Waals surface area contributed by atoms with Gasteiger partial charge in [-0.25, -0.2) is 0 Å². The Morgan fingerprint density at radius 1 is 1.33 bits per heavy atom. The van der Waals surface area contributed by atoms with Gasteiger partial charge in [0.05, 0.1) is 5.69 Å². The summed E-state index contributed by atoms with van der Waals surface area (Å²) in [4.78, 5) is 2.29. The number of hydrogen-bond acceptors (Lipinski definition) is 3. The van der Waals surface area contributed by atoms with Gasteiger partial charge in [0.1, 0.15) is 11.8 Å². The van der Waals surface area contributed by atoms with Crippen molar-refractivity contribution in [3.8, 4) is 0 Å². The molecule has 0 spiro atoms. The van der Waals surface area contributed by atoms with E-state index in [0.29, 0.717) is 5.92 Å². The summed E-state index contributed by atoms with van der Waals surface area (Å²) in [6, 6.07) is 8.19. The monoisotopic (exact) mass is 246 g/mol. The molecule has 98 valence electrons. The van der Waals surface area contributed by atoms with E-state index >= 15 is 0 Å². The maximum absolute atomic E-state index is 5.59. The third-order valence-electron chi connectivity index (χ3n) is 3.47. The van der Waals surface area contributed by atoms with E-state index < -0.39 is 0 Å². The molecule has 0 fully saturated rings. The Hall–Kier alpha value is -1.48. The quantitative estimate of drug-likeness (QED) is 0.849. The lowest BCUT2D eigenvalue weighted by Crippen LogP contribution is -2.30. The van der Waals surface area contributed by atoms with Crippen LogP contribution in [0.4, 0.5) is 5.69 Å². The Morgan fingerprint density at radius 3 is 2.83 bits per heavy atom. The van der Waals surface area contributed by atoms with Gasteiger partial charge in [-0.2, -0.15) is 0 Å². The van der Waals surface area contributed by atoms with E-state index in [1.165, 1.54) is 17.5 Å². The maximum Gasteiger partial charge on any atom is 0.136 e. The molecule has 0 aliphatic carbocycles. The molecule has 2 rings (SSSR count). The first-order chi connectivity index (χ1) is 8.76. The van der Waals surface area contributed by atoms with Crippen LogP contribution in [0.5, 0.6) is 0 Å². The highest BCUT2D eigenvalue weighted by atomic mass is 16.3. The molecule has 1 atom stereocenters. The number of fused-ring (bicyclic) bond motifs is 1. The van der Waals surface area contributed by atoms with Gasteiger partial charge in [-0.3, -0.25) is 0 Å². The fourth-order valence-electron chi connectivity index (χ4n) is 2.37. The number of nitrogens with one attached hydrogen (secondary N) is 1. The molecule has 0 radical (unpaired) electrons. The number of furan rings is 1. The highest BCUT2D eigenvalue weighted by Gasteiger charge is 2.13. The van der Waals surface area contributed by atoms with Crippen LogP contribution in [0.1, 0.15) is 13.3 Å². The largest absolute Gasteiger partial charge is 0.462 e. The van der Waals surface area contributed by atoms with Crippen molar-refractivity contribution >= 4 is 16.7 Å². The lowest BCUT2D eigenvalue weighted by Gasteiger charge is -2.24. The predicted molar refractivity (Wildman–Crippen MR) is 77.2 cm³/mol. The molecule has 2 aromatic rings. The summed E-state index contributed by atoms with van der Waals surface area (Å²) >= 11 is 0. The van der Waals surface area contributed by atoms with Gasteiger partial charge in [-0.05, 0) is 31.6 Å². The smallest absolute Gasteiger partial charge is 0.136 e. The minimum absolute atomic E-state index is 0.661. The first kappa shape index (κ1) is 13.0. The molecule has 1 heterocycles. The second kappa shape index (κ2) is 5.91. The standard InChI is InChI=1S/C15H22N2O/c1-4-12(9-16-2)10-17(3)14-11-18-15-8-6-5-7-13(14)15/h5-8,11-12,16H,4,9-10H2,1-3H3. The van der Waals surface area contributed by atoms with E-state index in [0.717, 1.165) is 18.7 Å². The number of benzene rings is 1. The van der Waals surface area contributed by atoms with Gasteiger partial charge in [0.15, 0.2) is 0 Å². The van der Waals surface area contributed by atoms with Crippen molar-refractivity contribution in [2.45, 2.75) is 13.3 Å². The predicted octanol–water partition coefficient (Wildman–Crippen LogP) is 3.11. The Bertz CT molecular complexity index is 492.